The van der Waals surface area contributed by atoms with Crippen molar-refractivity contribution in [2.24, 2.45) is 23.7 Å². The summed E-state index contributed by atoms with van der Waals surface area (Å²) >= 11 is 0. The lowest BCUT2D eigenvalue weighted by atomic mass is 9.67. The smallest absolute Gasteiger partial charge is 0.143 e. The minimum absolute atomic E-state index is 0.475. The van der Waals surface area contributed by atoms with Crippen LogP contribution >= 0.6 is 0 Å². The summed E-state index contributed by atoms with van der Waals surface area (Å²) in [4.78, 5) is 0. The molecule has 4 atom stereocenters. The van der Waals surface area contributed by atoms with Crippen molar-refractivity contribution in [3.8, 4) is 23.3 Å². The topological polar surface area (TPSA) is 65.1 Å². The molecule has 4 heteroatoms. The molecule has 4 unspecified atom stereocenters. The van der Waals surface area contributed by atoms with Crippen LogP contribution in [0.5, 0.6) is 0 Å². The van der Waals surface area contributed by atoms with Gasteiger partial charge in [-0.05, 0) is 170 Å². The number of benzene rings is 5. The monoisotopic (exact) mass is 697 g/mol. The van der Waals surface area contributed by atoms with Crippen LogP contribution in [0.25, 0.3) is 71.2 Å². The summed E-state index contributed by atoms with van der Waals surface area (Å²) in [6, 6.07) is 30.1. The molecule has 8 aliphatic carbocycles. The maximum atomic E-state index is 10.9. The summed E-state index contributed by atoms with van der Waals surface area (Å²) in [7, 11) is 0. The van der Waals surface area contributed by atoms with Crippen LogP contribution in [0.1, 0.15) is 121 Å². The first-order valence-electron chi connectivity index (χ1n) is 20.7. The average molecular weight is 698 g/mol. The van der Waals surface area contributed by atoms with Crippen molar-refractivity contribution in [3.05, 3.63) is 100 Å². The first-order chi connectivity index (χ1) is 26.6. The molecule has 0 radical (unpaired) electrons. The summed E-state index contributed by atoms with van der Waals surface area (Å²) in [6.45, 7) is 0. The quantitative estimate of drug-likeness (QED) is 0.171. The Balaban J connectivity index is 1.19. The predicted octanol–water partition coefficient (Wildman–Crippen LogP) is 12.9. The van der Waals surface area contributed by atoms with Gasteiger partial charge in [0.1, 0.15) is 11.2 Å². The Hall–Kier alpha value is -5.32. The normalized spacial score (nSPS) is 29.1. The van der Waals surface area contributed by atoms with E-state index < -0.39 is 0 Å². The van der Waals surface area contributed by atoms with Gasteiger partial charge in [0.15, 0.2) is 0 Å². The molecule has 54 heavy (non-hydrogen) atoms. The van der Waals surface area contributed by atoms with Crippen LogP contribution in [0.3, 0.4) is 0 Å². The highest BCUT2D eigenvalue weighted by Crippen LogP contribution is 2.62. The Morgan fingerprint density at radius 3 is 1.56 bits per heavy atom. The third-order valence-electron chi connectivity index (χ3n) is 16.0. The standard InChI is InChI=1S/C50H39N3O/c51-22-33-20-40-47(45-31-14-24-8-25(15-31)11-29(10-24)43(33)45)38-18-28(35-5-3-6-37-36-4-1-2-7-42(36)54-50(35)37)19-39-48-41(53(40)49(38)39)21-34(23-52)44-30-12-26-9-27(13-30)17-32(16-26)46(44)48/h1-7,18-21,24-27,29-32H,8-17H2. The zero-order valence-corrected chi connectivity index (χ0v) is 30.3. The molecule has 260 valence electrons. The van der Waals surface area contributed by atoms with Crippen LogP contribution in [0.2, 0.25) is 0 Å². The number of furan rings is 1. The third kappa shape index (κ3) is 3.46. The highest BCUT2D eigenvalue weighted by molar-refractivity contribution is 6.27. The first-order valence-corrected chi connectivity index (χ1v) is 20.7. The van der Waals surface area contributed by atoms with E-state index in [0.717, 1.165) is 62.3 Å². The Labute approximate surface area is 313 Å². The van der Waals surface area contributed by atoms with E-state index in [2.05, 4.69) is 83.3 Å². The van der Waals surface area contributed by atoms with Gasteiger partial charge in [-0.15, -0.1) is 0 Å². The van der Waals surface area contributed by atoms with Gasteiger partial charge in [-0.25, -0.2) is 0 Å². The van der Waals surface area contributed by atoms with Crippen LogP contribution < -0.4 is 0 Å². The van der Waals surface area contributed by atoms with Crippen LogP contribution in [0.4, 0.5) is 0 Å². The minimum Gasteiger partial charge on any atom is -0.455 e. The lowest BCUT2D eigenvalue weighted by Gasteiger charge is -2.38. The molecule has 8 aromatic rings. The molecule has 5 aromatic carbocycles. The molecule has 3 aromatic heterocycles. The second-order valence-corrected chi connectivity index (χ2v) is 18.7. The van der Waals surface area contributed by atoms with Crippen LogP contribution in [-0.4, -0.2) is 4.40 Å². The van der Waals surface area contributed by atoms with E-state index in [0.29, 0.717) is 23.7 Å². The number of nitriles is 2. The molecule has 16 rings (SSSR count). The molecule has 8 bridgehead atoms. The van der Waals surface area contributed by atoms with Crippen molar-refractivity contribution in [1.29, 1.82) is 10.5 Å². The minimum atomic E-state index is 0.475. The van der Waals surface area contributed by atoms with E-state index in [-0.39, 0.29) is 0 Å². The van der Waals surface area contributed by atoms with Crippen molar-refractivity contribution >= 4 is 60.0 Å². The lowest BCUT2D eigenvalue weighted by molar-refractivity contribution is 0.166. The molecule has 0 aliphatic heterocycles. The molecular formula is C50H39N3O. The fraction of sp³-hybridized carbons (Fsp3) is 0.360. The molecule has 4 saturated carbocycles. The second kappa shape index (κ2) is 9.85. The van der Waals surface area contributed by atoms with Crippen molar-refractivity contribution in [2.75, 3.05) is 0 Å². The number of nitrogens with zero attached hydrogens (tertiary/aromatic N) is 3. The van der Waals surface area contributed by atoms with Gasteiger partial charge in [-0.2, -0.15) is 10.5 Å². The Morgan fingerprint density at radius 2 is 1.02 bits per heavy atom. The number of fused-ring (bicyclic) bond motifs is 9. The van der Waals surface area contributed by atoms with Crippen molar-refractivity contribution in [1.82, 2.24) is 4.40 Å². The Bertz CT molecular complexity index is 2930. The predicted molar refractivity (Wildman–Crippen MR) is 214 cm³/mol. The summed E-state index contributed by atoms with van der Waals surface area (Å²) in [5.41, 5.74) is 15.3. The molecule has 8 aliphatic rings. The number of rotatable bonds is 1. The van der Waals surface area contributed by atoms with Crippen LogP contribution in [-0.2, 0) is 0 Å². The fourth-order valence-corrected chi connectivity index (χ4v) is 14.6. The molecule has 4 fully saturated rings. The van der Waals surface area contributed by atoms with E-state index in [1.807, 2.05) is 0 Å². The van der Waals surface area contributed by atoms with Gasteiger partial charge in [0.25, 0.3) is 0 Å². The molecule has 3 heterocycles. The molecule has 0 spiro atoms. The van der Waals surface area contributed by atoms with Crippen molar-refractivity contribution in [3.63, 3.8) is 0 Å². The highest BCUT2D eigenvalue weighted by Gasteiger charge is 2.46. The second-order valence-electron chi connectivity index (χ2n) is 18.7. The highest BCUT2D eigenvalue weighted by atomic mass is 16.3. The van der Waals surface area contributed by atoms with Crippen molar-refractivity contribution in [2.45, 2.75) is 87.9 Å². The number of hydrogen-bond acceptors (Lipinski definition) is 3. The Morgan fingerprint density at radius 1 is 0.519 bits per heavy atom. The van der Waals surface area contributed by atoms with E-state index in [1.54, 1.807) is 0 Å². The largest absolute Gasteiger partial charge is 0.455 e. The average Bonchev–Trinajstić information content (AvgIpc) is 3.75. The van der Waals surface area contributed by atoms with E-state index in [4.69, 9.17) is 4.42 Å². The fourth-order valence-electron chi connectivity index (χ4n) is 14.6. The van der Waals surface area contributed by atoms with Crippen molar-refractivity contribution < 1.29 is 4.42 Å². The maximum Gasteiger partial charge on any atom is 0.143 e. The first kappa shape index (κ1) is 29.1. The summed E-state index contributed by atoms with van der Waals surface area (Å²) in [5.74, 6) is 4.98. The van der Waals surface area contributed by atoms with Gasteiger partial charge in [0, 0.05) is 37.9 Å². The molecule has 0 amide bonds. The van der Waals surface area contributed by atoms with E-state index >= 15 is 0 Å². The summed E-state index contributed by atoms with van der Waals surface area (Å²) < 4.78 is 9.24. The zero-order chi connectivity index (χ0) is 35.1. The number of hydrogen-bond donors (Lipinski definition) is 0. The Kier molecular flexibility index (Phi) is 5.31. The lowest BCUT2D eigenvalue weighted by Crippen LogP contribution is -2.25. The van der Waals surface area contributed by atoms with Crippen LogP contribution in [0.15, 0.2) is 71.1 Å². The number of aromatic nitrogens is 1. The molecule has 4 nitrogen and oxygen atoms in total. The number of para-hydroxylation sites is 2. The van der Waals surface area contributed by atoms with E-state index in [1.165, 1.54) is 130 Å². The van der Waals surface area contributed by atoms with Gasteiger partial charge >= 0.3 is 0 Å². The van der Waals surface area contributed by atoms with Crippen LogP contribution in [0, 0.1) is 46.3 Å². The summed E-state index contributed by atoms with van der Waals surface area (Å²) in [6.07, 6.45) is 12.6. The molecule has 0 N–H and O–H groups in total. The van der Waals surface area contributed by atoms with Gasteiger partial charge in [0.2, 0.25) is 0 Å². The van der Waals surface area contributed by atoms with E-state index in [9.17, 15) is 10.5 Å². The van der Waals surface area contributed by atoms with Gasteiger partial charge in [0.05, 0.1) is 39.8 Å². The van der Waals surface area contributed by atoms with Gasteiger partial charge in [-0.3, -0.25) is 0 Å². The molecule has 0 saturated heterocycles. The summed E-state index contributed by atoms with van der Waals surface area (Å²) in [5, 5.41) is 29.5. The van der Waals surface area contributed by atoms with Gasteiger partial charge < -0.3 is 8.82 Å². The third-order valence-corrected chi connectivity index (χ3v) is 16.0. The van der Waals surface area contributed by atoms with Gasteiger partial charge in [-0.1, -0.05) is 36.4 Å². The zero-order valence-electron chi connectivity index (χ0n) is 30.3. The maximum absolute atomic E-state index is 10.9. The SMILES string of the molecule is N#Cc1cc2c(c3c1C1CC4CC(C1)CC3C4)c1cc(-c3cccc4c3oc3ccccc34)cc3c4c5c(c(C#N)cc4n2c13)C1CC2CC(C1)CC5C2. The molecular weight excluding hydrogens is 659 g/mol.